The molecule has 0 radical (unpaired) electrons. The van der Waals surface area contributed by atoms with Crippen molar-refractivity contribution in [2.24, 2.45) is 39.9 Å². The van der Waals surface area contributed by atoms with E-state index in [0.717, 1.165) is 49.4 Å². The van der Waals surface area contributed by atoms with Crippen molar-refractivity contribution < 1.29 is 10.2 Å². The van der Waals surface area contributed by atoms with Gasteiger partial charge in [0.15, 0.2) is 0 Å². The molecule has 2 N–H and O–H groups in total. The summed E-state index contributed by atoms with van der Waals surface area (Å²) in [6, 6.07) is 0. The van der Waals surface area contributed by atoms with Gasteiger partial charge >= 0.3 is 0 Å². The molecule has 4 rings (SSSR count). The molecular weight excluding hydrogens is 368 g/mol. The summed E-state index contributed by atoms with van der Waals surface area (Å²) in [5.41, 5.74) is 4.05. The van der Waals surface area contributed by atoms with Gasteiger partial charge in [0.2, 0.25) is 0 Å². The van der Waals surface area contributed by atoms with Gasteiger partial charge in [0.25, 0.3) is 0 Å². The van der Waals surface area contributed by atoms with Crippen LogP contribution in [0.2, 0.25) is 0 Å². The zero-order chi connectivity index (χ0) is 21.7. The third-order valence-electron chi connectivity index (χ3n) is 10.9. The quantitative estimate of drug-likeness (QED) is 0.463. The van der Waals surface area contributed by atoms with E-state index in [4.69, 9.17) is 0 Å². The van der Waals surface area contributed by atoms with Crippen LogP contribution in [0.1, 0.15) is 112 Å². The lowest BCUT2D eigenvalue weighted by atomic mass is 9.45. The Kier molecular flexibility index (Phi) is 6.26. The van der Waals surface area contributed by atoms with Crippen LogP contribution in [0.15, 0.2) is 11.1 Å². The standard InChI is InChI=1S/C28H48O2/c1-19(2)7-6-8-20(3)23-9-10-24-22-12-16-28(18-29)17-21(30)11-15-27(28,5)25(22)13-14-26(23,24)4/h19-21,23-24,29-30H,6-18H2,1-5H3. The molecule has 2 fully saturated rings. The Morgan fingerprint density at radius 1 is 0.967 bits per heavy atom. The lowest BCUT2D eigenvalue weighted by Gasteiger charge is -2.60. The SMILES string of the molecule is CC(C)CCCC(C)C1CCC2C3=C(CCC21C)C1(C)CCC(O)CC1(CO)CC3. The lowest BCUT2D eigenvalue weighted by molar-refractivity contribution is -0.0887. The second-order valence-corrected chi connectivity index (χ2v) is 12.7. The van der Waals surface area contributed by atoms with Crippen molar-refractivity contribution >= 4 is 0 Å². The monoisotopic (exact) mass is 416 g/mol. The van der Waals surface area contributed by atoms with Crippen LogP contribution in [0, 0.1) is 39.9 Å². The fourth-order valence-electron chi connectivity index (χ4n) is 8.94. The molecule has 4 aliphatic rings. The van der Waals surface area contributed by atoms with Gasteiger partial charge in [-0.05, 0) is 92.3 Å². The van der Waals surface area contributed by atoms with Crippen LogP contribution in [-0.2, 0) is 0 Å². The second-order valence-electron chi connectivity index (χ2n) is 12.7. The van der Waals surface area contributed by atoms with Crippen molar-refractivity contribution in [3.8, 4) is 0 Å². The van der Waals surface area contributed by atoms with E-state index in [2.05, 4.69) is 34.6 Å². The minimum absolute atomic E-state index is 0.0839. The average molecular weight is 417 g/mol. The molecule has 4 aliphatic carbocycles. The van der Waals surface area contributed by atoms with Gasteiger partial charge in [-0.25, -0.2) is 0 Å². The van der Waals surface area contributed by atoms with E-state index >= 15 is 0 Å². The zero-order valence-corrected chi connectivity index (χ0v) is 20.5. The first-order valence-corrected chi connectivity index (χ1v) is 13.2. The van der Waals surface area contributed by atoms with Gasteiger partial charge in [0, 0.05) is 12.0 Å². The third kappa shape index (κ3) is 3.43. The number of fused-ring (bicyclic) bond motifs is 4. The molecule has 0 aromatic rings. The van der Waals surface area contributed by atoms with Crippen LogP contribution < -0.4 is 0 Å². The first kappa shape index (κ1) is 22.8. The van der Waals surface area contributed by atoms with Crippen molar-refractivity contribution in [1.82, 2.24) is 0 Å². The van der Waals surface area contributed by atoms with Crippen LogP contribution in [0.3, 0.4) is 0 Å². The van der Waals surface area contributed by atoms with E-state index in [9.17, 15) is 10.2 Å². The van der Waals surface area contributed by atoms with Crippen LogP contribution in [0.5, 0.6) is 0 Å². The first-order valence-electron chi connectivity index (χ1n) is 13.2. The smallest absolute Gasteiger partial charge is 0.0547 e. The first-order chi connectivity index (χ1) is 14.2. The molecule has 0 spiro atoms. The Morgan fingerprint density at radius 3 is 2.43 bits per heavy atom. The fraction of sp³-hybridized carbons (Fsp3) is 0.929. The molecule has 2 nitrogen and oxygen atoms in total. The van der Waals surface area contributed by atoms with Crippen LogP contribution in [-0.4, -0.2) is 22.9 Å². The Labute approximate surface area is 185 Å². The molecule has 172 valence electrons. The molecule has 0 aliphatic heterocycles. The van der Waals surface area contributed by atoms with Crippen molar-refractivity contribution in [2.75, 3.05) is 6.61 Å². The number of hydrogen-bond donors (Lipinski definition) is 2. The molecule has 2 saturated carbocycles. The normalized spacial score (nSPS) is 44.6. The second kappa shape index (κ2) is 8.22. The number of allylic oxidation sites excluding steroid dienone is 2. The summed E-state index contributed by atoms with van der Waals surface area (Å²) in [4.78, 5) is 0. The van der Waals surface area contributed by atoms with Crippen molar-refractivity contribution in [3.63, 3.8) is 0 Å². The average Bonchev–Trinajstić information content (AvgIpc) is 3.05. The lowest BCUT2D eigenvalue weighted by Crippen LogP contribution is -2.54. The van der Waals surface area contributed by atoms with Gasteiger partial charge < -0.3 is 10.2 Å². The van der Waals surface area contributed by atoms with Crippen molar-refractivity contribution in [2.45, 2.75) is 118 Å². The predicted molar refractivity (Wildman–Crippen MR) is 125 cm³/mol. The topological polar surface area (TPSA) is 40.5 Å². The summed E-state index contributed by atoms with van der Waals surface area (Å²) in [6.45, 7) is 12.6. The predicted octanol–water partition coefficient (Wildman–Crippen LogP) is 6.90. The van der Waals surface area contributed by atoms with Crippen molar-refractivity contribution in [1.29, 1.82) is 0 Å². The minimum atomic E-state index is -0.219. The van der Waals surface area contributed by atoms with Crippen LogP contribution in [0.25, 0.3) is 0 Å². The summed E-state index contributed by atoms with van der Waals surface area (Å²) < 4.78 is 0. The summed E-state index contributed by atoms with van der Waals surface area (Å²) >= 11 is 0. The molecule has 0 aromatic carbocycles. The van der Waals surface area contributed by atoms with Gasteiger partial charge in [-0.1, -0.05) is 65.0 Å². The highest BCUT2D eigenvalue weighted by Crippen LogP contribution is 2.68. The zero-order valence-electron chi connectivity index (χ0n) is 20.5. The largest absolute Gasteiger partial charge is 0.396 e. The summed E-state index contributed by atoms with van der Waals surface area (Å²) in [7, 11) is 0. The van der Waals surface area contributed by atoms with E-state index in [-0.39, 0.29) is 23.5 Å². The number of aliphatic hydroxyl groups is 2. The molecule has 2 heteroatoms. The van der Waals surface area contributed by atoms with Crippen LogP contribution in [0.4, 0.5) is 0 Å². The molecule has 0 saturated heterocycles. The Hall–Kier alpha value is -0.340. The molecule has 7 atom stereocenters. The van der Waals surface area contributed by atoms with Gasteiger partial charge in [0.1, 0.15) is 0 Å². The number of rotatable bonds is 6. The highest BCUT2D eigenvalue weighted by atomic mass is 16.3. The van der Waals surface area contributed by atoms with Gasteiger partial charge in [-0.3, -0.25) is 0 Å². The minimum Gasteiger partial charge on any atom is -0.396 e. The maximum Gasteiger partial charge on any atom is 0.0547 e. The Morgan fingerprint density at radius 2 is 1.73 bits per heavy atom. The molecule has 0 bridgehead atoms. The highest BCUT2D eigenvalue weighted by Gasteiger charge is 2.60. The van der Waals surface area contributed by atoms with E-state index in [0.29, 0.717) is 5.41 Å². The summed E-state index contributed by atoms with van der Waals surface area (Å²) in [5, 5.41) is 20.9. The van der Waals surface area contributed by atoms with Crippen molar-refractivity contribution in [3.05, 3.63) is 11.1 Å². The molecule has 0 aromatic heterocycles. The number of aliphatic hydroxyl groups excluding tert-OH is 2. The third-order valence-corrected chi connectivity index (χ3v) is 10.9. The van der Waals surface area contributed by atoms with E-state index in [1.165, 1.54) is 51.4 Å². The fourth-order valence-corrected chi connectivity index (χ4v) is 8.94. The van der Waals surface area contributed by atoms with E-state index < -0.39 is 0 Å². The molecular formula is C28H48O2. The highest BCUT2D eigenvalue weighted by molar-refractivity contribution is 5.36. The molecule has 30 heavy (non-hydrogen) atoms. The molecule has 0 amide bonds. The molecule has 7 unspecified atom stereocenters. The Balaban J connectivity index is 1.58. The van der Waals surface area contributed by atoms with Gasteiger partial charge in [-0.15, -0.1) is 0 Å². The van der Waals surface area contributed by atoms with E-state index in [1.807, 2.05) is 5.57 Å². The maximum absolute atomic E-state index is 10.5. The summed E-state index contributed by atoms with van der Waals surface area (Å²) in [5.74, 6) is 3.34. The molecule has 0 heterocycles. The van der Waals surface area contributed by atoms with Crippen LogP contribution >= 0.6 is 0 Å². The van der Waals surface area contributed by atoms with E-state index in [1.54, 1.807) is 5.57 Å². The van der Waals surface area contributed by atoms with Gasteiger partial charge in [0.05, 0.1) is 6.10 Å². The van der Waals surface area contributed by atoms with Gasteiger partial charge in [-0.2, -0.15) is 0 Å². The number of hydrogen-bond acceptors (Lipinski definition) is 2. The Bertz CT molecular complexity index is 666. The maximum atomic E-state index is 10.5. The summed E-state index contributed by atoms with van der Waals surface area (Å²) in [6.07, 6.45) is 14.4.